The lowest BCUT2D eigenvalue weighted by atomic mass is 9.94. The normalized spacial score (nSPS) is 12.8. The predicted molar refractivity (Wildman–Crippen MR) is 148 cm³/mol. The second-order valence-corrected chi connectivity index (χ2v) is 10.6. The summed E-state index contributed by atoms with van der Waals surface area (Å²) in [7, 11) is 0. The molecule has 39 heavy (non-hydrogen) atoms. The number of hydrogen-bond acceptors (Lipinski definition) is 5. The van der Waals surface area contributed by atoms with E-state index in [1.54, 1.807) is 42.5 Å². The van der Waals surface area contributed by atoms with Crippen LogP contribution >= 0.6 is 0 Å². The zero-order chi connectivity index (χ0) is 27.9. The van der Waals surface area contributed by atoms with Crippen molar-refractivity contribution in [2.45, 2.75) is 45.6 Å². The van der Waals surface area contributed by atoms with Gasteiger partial charge in [0.15, 0.2) is 17.3 Å². The molecule has 5 rings (SSSR count). The number of hydrogen-bond donors (Lipinski definition) is 2. The molecule has 1 aliphatic carbocycles. The Morgan fingerprint density at radius 2 is 1.87 bits per heavy atom. The van der Waals surface area contributed by atoms with Crippen LogP contribution in [0.25, 0.3) is 11.8 Å². The number of anilines is 1. The van der Waals surface area contributed by atoms with Crippen LogP contribution in [0.5, 0.6) is 11.5 Å². The van der Waals surface area contributed by atoms with Crippen molar-refractivity contribution in [3.8, 4) is 17.2 Å². The molecule has 0 spiro atoms. The van der Waals surface area contributed by atoms with Crippen LogP contribution < -0.4 is 16.2 Å². The molecule has 1 aliphatic rings. The number of halogens is 2. The summed E-state index contributed by atoms with van der Waals surface area (Å²) in [6.45, 7) is 5.67. The summed E-state index contributed by atoms with van der Waals surface area (Å²) in [6, 6.07) is 14.7. The largest absolute Gasteiger partial charge is 0.454 e. The number of ketones is 1. The summed E-state index contributed by atoms with van der Waals surface area (Å²) in [5.74, 6) is -0.235. The molecular weight excluding hydrogens is 498 g/mol. The second-order valence-electron chi connectivity index (χ2n) is 10.6. The molecule has 0 saturated heterocycles. The third-order valence-corrected chi connectivity index (χ3v) is 6.86. The minimum atomic E-state index is -0.458. The highest BCUT2D eigenvalue weighted by atomic mass is 19.1. The van der Waals surface area contributed by atoms with Crippen LogP contribution in [0.1, 0.15) is 52.9 Å². The van der Waals surface area contributed by atoms with Crippen molar-refractivity contribution < 1.29 is 18.3 Å². The van der Waals surface area contributed by atoms with Gasteiger partial charge in [0.2, 0.25) is 0 Å². The first-order valence-electron chi connectivity index (χ1n) is 12.7. The summed E-state index contributed by atoms with van der Waals surface area (Å²) >= 11 is 0. The van der Waals surface area contributed by atoms with Gasteiger partial charge in [-0.25, -0.2) is 13.5 Å². The van der Waals surface area contributed by atoms with Crippen LogP contribution in [0, 0.1) is 18.6 Å². The zero-order valence-electron chi connectivity index (χ0n) is 22.1. The molecule has 0 amide bonds. The molecule has 8 heteroatoms. The van der Waals surface area contributed by atoms with Crippen molar-refractivity contribution in [2.24, 2.45) is 5.73 Å². The number of carbonyl (C=O) groups is 1. The molecule has 0 unspecified atom stereocenters. The van der Waals surface area contributed by atoms with E-state index in [1.807, 2.05) is 26.8 Å². The van der Waals surface area contributed by atoms with Gasteiger partial charge in [0.25, 0.3) is 0 Å². The van der Waals surface area contributed by atoms with Crippen molar-refractivity contribution >= 4 is 17.7 Å². The maximum Gasteiger partial charge on any atom is 0.194 e. The number of benzene rings is 3. The number of nitrogens with zero attached hydrogens (tertiary/aromatic N) is 2. The van der Waals surface area contributed by atoms with Gasteiger partial charge in [0.05, 0.1) is 17.4 Å². The third-order valence-electron chi connectivity index (χ3n) is 6.86. The van der Waals surface area contributed by atoms with Crippen LogP contribution in [0.4, 0.5) is 14.6 Å². The van der Waals surface area contributed by atoms with E-state index in [2.05, 4.69) is 5.10 Å². The third kappa shape index (κ3) is 5.47. The number of Topliss-reactive ketones (excluding diaryl/α,β-unsaturated/α-hetero) is 1. The lowest BCUT2D eigenvalue weighted by Crippen LogP contribution is -2.32. The van der Waals surface area contributed by atoms with Crippen molar-refractivity contribution in [1.29, 1.82) is 0 Å². The second kappa shape index (κ2) is 10.1. The van der Waals surface area contributed by atoms with Crippen molar-refractivity contribution in [2.75, 3.05) is 5.73 Å². The smallest absolute Gasteiger partial charge is 0.194 e. The van der Waals surface area contributed by atoms with Crippen LogP contribution in [-0.4, -0.2) is 21.1 Å². The number of ether oxygens (including phenoxy) is 1. The standard InChI is InChI=1S/C31H30F2N4O2/c1-18-12-23(39-28-7-5-4-6-25(28)32)8-9-27(18)37-30(34)24(17-36-37)29(38)22-14-20-13-19(10-11-31(2,3)35)26(33)16-21(20)15-22/h4-9,12-13,15-17H,10-11,14,34-35H2,1-3H3. The van der Waals surface area contributed by atoms with Crippen LogP contribution in [-0.2, 0) is 12.8 Å². The molecule has 0 saturated carbocycles. The van der Waals surface area contributed by atoms with E-state index in [0.29, 0.717) is 47.4 Å². The highest BCUT2D eigenvalue weighted by Gasteiger charge is 2.26. The molecule has 3 aromatic carbocycles. The van der Waals surface area contributed by atoms with Gasteiger partial charge in [-0.1, -0.05) is 18.2 Å². The molecule has 0 fully saturated rings. The zero-order valence-corrected chi connectivity index (χ0v) is 22.1. The molecule has 0 bridgehead atoms. The minimum absolute atomic E-state index is 0.122. The quantitative estimate of drug-likeness (QED) is 0.261. The highest BCUT2D eigenvalue weighted by molar-refractivity contribution is 6.15. The molecule has 1 aromatic heterocycles. The molecule has 200 valence electrons. The summed E-state index contributed by atoms with van der Waals surface area (Å²) in [5.41, 5.74) is 16.5. The van der Waals surface area contributed by atoms with Gasteiger partial charge in [0, 0.05) is 17.5 Å². The number of nitrogen functional groups attached to an aromatic ring is 1. The van der Waals surface area contributed by atoms with Crippen LogP contribution in [0.15, 0.2) is 66.4 Å². The Bertz CT molecular complexity index is 1620. The first-order chi connectivity index (χ1) is 18.5. The number of fused-ring (bicyclic) bond motifs is 1. The van der Waals surface area contributed by atoms with Gasteiger partial charge >= 0.3 is 0 Å². The monoisotopic (exact) mass is 528 g/mol. The van der Waals surface area contributed by atoms with Gasteiger partial charge in [0.1, 0.15) is 17.4 Å². The maximum atomic E-state index is 14.7. The van der Waals surface area contributed by atoms with Crippen LogP contribution in [0.2, 0.25) is 0 Å². The number of carbonyl (C=O) groups excluding carboxylic acids is 1. The molecule has 0 radical (unpaired) electrons. The van der Waals surface area contributed by atoms with Gasteiger partial charge in [-0.05, 0) is 98.3 Å². The van der Waals surface area contributed by atoms with Gasteiger partial charge in [-0.2, -0.15) is 5.10 Å². The molecule has 0 aliphatic heterocycles. The highest BCUT2D eigenvalue weighted by Crippen LogP contribution is 2.33. The van der Waals surface area contributed by atoms with Crippen molar-refractivity contribution in [3.63, 3.8) is 0 Å². The topological polar surface area (TPSA) is 96.2 Å². The van der Waals surface area contributed by atoms with E-state index in [1.165, 1.54) is 23.0 Å². The average molecular weight is 529 g/mol. The molecule has 1 heterocycles. The Labute approximate surface area is 225 Å². The molecule has 4 aromatic rings. The Kier molecular flexibility index (Phi) is 6.82. The number of nitrogens with two attached hydrogens (primary N) is 2. The summed E-state index contributed by atoms with van der Waals surface area (Å²) in [6.07, 6.45) is 4.72. The fourth-order valence-corrected chi connectivity index (χ4v) is 4.69. The Hall–Kier alpha value is -4.30. The fraction of sp³-hybridized carbons (Fsp3) is 0.226. The van der Waals surface area contributed by atoms with Gasteiger partial charge in [-0.15, -0.1) is 0 Å². The van der Waals surface area contributed by atoms with E-state index in [0.717, 1.165) is 11.1 Å². The summed E-state index contributed by atoms with van der Waals surface area (Å²) in [5, 5.41) is 4.36. The number of aryl methyl sites for hydroxylation is 2. The predicted octanol–water partition coefficient (Wildman–Crippen LogP) is 6.33. The number of para-hydroxylation sites is 1. The summed E-state index contributed by atoms with van der Waals surface area (Å²) < 4.78 is 35.8. The number of rotatable bonds is 8. The van der Waals surface area contributed by atoms with Crippen molar-refractivity contribution in [3.05, 3.63) is 106 Å². The van der Waals surface area contributed by atoms with E-state index < -0.39 is 11.4 Å². The van der Waals surface area contributed by atoms with E-state index in [9.17, 15) is 13.6 Å². The molecular formula is C31H30F2N4O2. The number of aromatic nitrogens is 2. The SMILES string of the molecule is Cc1cc(Oc2ccccc2F)ccc1-n1ncc(C(=O)C2=Cc3cc(F)c(CCC(C)(C)N)cc3C2)c1N. The van der Waals surface area contributed by atoms with Crippen molar-refractivity contribution in [1.82, 2.24) is 9.78 Å². The van der Waals surface area contributed by atoms with Gasteiger partial charge in [-0.3, -0.25) is 4.79 Å². The number of allylic oxidation sites excluding steroid dienone is 1. The van der Waals surface area contributed by atoms with E-state index in [4.69, 9.17) is 16.2 Å². The minimum Gasteiger partial charge on any atom is -0.454 e. The van der Waals surface area contributed by atoms with E-state index in [-0.39, 0.29) is 28.7 Å². The first kappa shape index (κ1) is 26.3. The Balaban J connectivity index is 1.34. The molecule has 6 nitrogen and oxygen atoms in total. The fourth-order valence-electron chi connectivity index (χ4n) is 4.69. The van der Waals surface area contributed by atoms with E-state index >= 15 is 0 Å². The lowest BCUT2D eigenvalue weighted by Gasteiger charge is -2.18. The van der Waals surface area contributed by atoms with Crippen LogP contribution in [0.3, 0.4) is 0 Å². The molecule has 4 N–H and O–H groups in total. The van der Waals surface area contributed by atoms with Gasteiger partial charge < -0.3 is 16.2 Å². The average Bonchev–Trinajstić information content (AvgIpc) is 3.46. The lowest BCUT2D eigenvalue weighted by molar-refractivity contribution is 0.103. The summed E-state index contributed by atoms with van der Waals surface area (Å²) in [4.78, 5) is 13.4. The maximum absolute atomic E-state index is 14.7. The molecule has 0 atom stereocenters. The first-order valence-corrected chi connectivity index (χ1v) is 12.7. The Morgan fingerprint density at radius 1 is 1.10 bits per heavy atom. The Morgan fingerprint density at radius 3 is 2.59 bits per heavy atom.